The molecule has 0 aliphatic rings. The molecule has 0 spiro atoms. The number of nitrogens with zero attached hydrogens (tertiary/aromatic N) is 1. The van der Waals surface area contributed by atoms with E-state index in [2.05, 4.69) is 4.74 Å². The summed E-state index contributed by atoms with van der Waals surface area (Å²) in [5.41, 5.74) is -0.301. The Bertz CT molecular complexity index is 965. The molecule has 1 aromatic carbocycles. The van der Waals surface area contributed by atoms with E-state index in [1.165, 1.54) is 17.9 Å². The number of carbonyl (C=O) groups excluding carboxylic acids is 3. The smallest absolute Gasteiger partial charge is 0.419 e. The van der Waals surface area contributed by atoms with Crippen molar-refractivity contribution in [3.8, 4) is 5.75 Å². The van der Waals surface area contributed by atoms with Crippen LogP contribution in [-0.2, 0) is 19.0 Å². The molecular formula is C20H23NO8. The molecule has 9 nitrogen and oxygen atoms in total. The lowest BCUT2D eigenvalue weighted by Gasteiger charge is -2.19. The molecule has 156 valence electrons. The van der Waals surface area contributed by atoms with Gasteiger partial charge in [0.25, 0.3) is 0 Å². The summed E-state index contributed by atoms with van der Waals surface area (Å²) in [7, 11) is 2.54. The largest absolute Gasteiger partial charge is 0.502 e. The van der Waals surface area contributed by atoms with Gasteiger partial charge in [-0.25, -0.2) is 9.59 Å². The van der Waals surface area contributed by atoms with Crippen molar-refractivity contribution in [1.29, 1.82) is 0 Å². The van der Waals surface area contributed by atoms with E-state index in [1.54, 1.807) is 39.0 Å². The van der Waals surface area contributed by atoms with Gasteiger partial charge in [-0.05, 0) is 39.0 Å². The maximum atomic E-state index is 12.7. The average molecular weight is 405 g/mol. The number of ketones is 1. The van der Waals surface area contributed by atoms with Crippen LogP contribution in [0.15, 0.2) is 36.2 Å². The predicted octanol–water partition coefficient (Wildman–Crippen LogP) is 3.20. The first-order valence-corrected chi connectivity index (χ1v) is 8.61. The van der Waals surface area contributed by atoms with Crippen LogP contribution in [0.4, 0.5) is 4.79 Å². The molecule has 0 aliphatic carbocycles. The number of hydrogen-bond donors (Lipinski definition) is 1. The number of fused-ring (bicyclic) bond motifs is 1. The minimum absolute atomic E-state index is 0.00933. The molecule has 0 amide bonds. The van der Waals surface area contributed by atoms with Gasteiger partial charge in [-0.2, -0.15) is 0 Å². The molecule has 1 N–H and O–H groups in total. The van der Waals surface area contributed by atoms with Crippen molar-refractivity contribution in [3.05, 3.63) is 41.8 Å². The number of benzene rings is 1. The zero-order valence-corrected chi connectivity index (χ0v) is 16.8. The van der Waals surface area contributed by atoms with Crippen molar-refractivity contribution in [2.75, 3.05) is 21.0 Å². The Hall–Kier alpha value is -3.33. The Kier molecular flexibility index (Phi) is 6.65. The minimum atomic E-state index is -1.06. The second kappa shape index (κ2) is 8.78. The number of rotatable bonds is 6. The van der Waals surface area contributed by atoms with E-state index < -0.39 is 29.2 Å². The van der Waals surface area contributed by atoms with Gasteiger partial charge in [0.15, 0.2) is 12.6 Å². The molecule has 0 radical (unpaired) electrons. The molecule has 1 aromatic heterocycles. The van der Waals surface area contributed by atoms with Gasteiger partial charge in [-0.1, -0.05) is 0 Å². The Balaban J connectivity index is 2.58. The van der Waals surface area contributed by atoms with E-state index in [0.717, 1.165) is 13.2 Å². The van der Waals surface area contributed by atoms with Gasteiger partial charge in [0.1, 0.15) is 11.4 Å². The molecule has 9 heteroatoms. The Morgan fingerprint density at radius 2 is 1.86 bits per heavy atom. The monoisotopic (exact) mass is 405 g/mol. The summed E-state index contributed by atoms with van der Waals surface area (Å²) < 4.78 is 21.2. The fourth-order valence-corrected chi connectivity index (χ4v) is 2.45. The number of aliphatic hydroxyl groups excluding tert-OH is 1. The lowest BCUT2D eigenvalue weighted by atomic mass is 10.1. The summed E-state index contributed by atoms with van der Waals surface area (Å²) in [6, 6.07) is 4.74. The minimum Gasteiger partial charge on any atom is -0.502 e. The molecule has 2 rings (SSSR count). The topological polar surface area (TPSA) is 113 Å². The molecule has 1 heterocycles. The van der Waals surface area contributed by atoms with Crippen molar-refractivity contribution in [2.45, 2.75) is 26.4 Å². The molecule has 29 heavy (non-hydrogen) atoms. The Labute approximate surface area is 167 Å². The number of esters is 1. The van der Waals surface area contributed by atoms with E-state index in [1.807, 2.05) is 0 Å². The highest BCUT2D eigenvalue weighted by Crippen LogP contribution is 2.28. The number of hydrogen-bond acceptors (Lipinski definition) is 8. The summed E-state index contributed by atoms with van der Waals surface area (Å²) >= 11 is 0. The van der Waals surface area contributed by atoms with Crippen LogP contribution in [0.5, 0.6) is 5.75 Å². The zero-order chi connectivity index (χ0) is 21.8. The van der Waals surface area contributed by atoms with Crippen molar-refractivity contribution >= 4 is 28.7 Å². The highest BCUT2D eigenvalue weighted by molar-refractivity contribution is 6.16. The van der Waals surface area contributed by atoms with Gasteiger partial charge in [0.05, 0.1) is 12.6 Å². The van der Waals surface area contributed by atoms with Crippen molar-refractivity contribution in [2.24, 2.45) is 0 Å². The van der Waals surface area contributed by atoms with Crippen LogP contribution in [0.3, 0.4) is 0 Å². The molecule has 0 saturated heterocycles. The van der Waals surface area contributed by atoms with Crippen LogP contribution in [-0.4, -0.2) is 54.1 Å². The molecule has 0 saturated carbocycles. The molecular weight excluding hydrogens is 382 g/mol. The van der Waals surface area contributed by atoms with Gasteiger partial charge in [0.2, 0.25) is 5.76 Å². The summed E-state index contributed by atoms with van der Waals surface area (Å²) in [5.74, 6) is -2.22. The lowest BCUT2D eigenvalue weighted by molar-refractivity contribution is -0.139. The fraction of sp³-hybridized carbons (Fsp3) is 0.350. The van der Waals surface area contributed by atoms with Gasteiger partial charge in [0, 0.05) is 30.3 Å². The van der Waals surface area contributed by atoms with E-state index in [9.17, 15) is 19.5 Å². The average Bonchev–Trinajstić information content (AvgIpc) is 3.03. The van der Waals surface area contributed by atoms with Crippen molar-refractivity contribution in [3.63, 3.8) is 0 Å². The zero-order valence-electron chi connectivity index (χ0n) is 16.8. The summed E-state index contributed by atoms with van der Waals surface area (Å²) in [5, 5.41) is 10.1. The number of aromatic nitrogens is 1. The third kappa shape index (κ3) is 5.35. The summed E-state index contributed by atoms with van der Waals surface area (Å²) in [6.45, 7) is 5.15. The van der Waals surface area contributed by atoms with Crippen molar-refractivity contribution in [1.82, 2.24) is 4.57 Å². The Morgan fingerprint density at radius 3 is 2.45 bits per heavy atom. The highest BCUT2D eigenvalue weighted by Gasteiger charge is 2.23. The maximum absolute atomic E-state index is 12.7. The van der Waals surface area contributed by atoms with Gasteiger partial charge < -0.3 is 24.1 Å². The molecule has 0 unspecified atom stereocenters. The van der Waals surface area contributed by atoms with Gasteiger partial charge in [-0.15, -0.1) is 0 Å². The molecule has 0 aliphatic heterocycles. The highest BCUT2D eigenvalue weighted by atomic mass is 16.7. The van der Waals surface area contributed by atoms with Crippen LogP contribution in [0.25, 0.3) is 10.9 Å². The summed E-state index contributed by atoms with van der Waals surface area (Å²) in [4.78, 5) is 36.6. The number of ether oxygens (including phenoxy) is 4. The number of methoxy groups -OCH3 is 2. The quantitative estimate of drug-likeness (QED) is 0.256. The van der Waals surface area contributed by atoms with E-state index in [4.69, 9.17) is 14.2 Å². The van der Waals surface area contributed by atoms with Crippen LogP contribution in [0, 0.1) is 0 Å². The van der Waals surface area contributed by atoms with Crippen LogP contribution < -0.4 is 4.74 Å². The van der Waals surface area contributed by atoms with E-state index in [0.29, 0.717) is 16.7 Å². The maximum Gasteiger partial charge on any atom is 0.419 e. The first-order chi connectivity index (χ1) is 13.6. The number of allylic oxidation sites excluding steroid dienone is 1. The third-order valence-corrected chi connectivity index (χ3v) is 3.64. The standard InChI is InChI=1S/C20H23NO8/c1-20(2,3)29-19(25)21-10-14(16(22)9-17(23)18(24)27-5)13-8-12(28-11-26-4)6-7-15(13)21/h6-10,23H,11H2,1-5H3/b17-9-. The fourth-order valence-electron chi connectivity index (χ4n) is 2.45. The van der Waals surface area contributed by atoms with Gasteiger partial charge in [-0.3, -0.25) is 9.36 Å². The van der Waals surface area contributed by atoms with Crippen LogP contribution in [0.1, 0.15) is 31.1 Å². The van der Waals surface area contributed by atoms with Crippen molar-refractivity contribution < 1.29 is 38.4 Å². The molecule has 0 atom stereocenters. The molecule has 0 fully saturated rings. The van der Waals surface area contributed by atoms with E-state index >= 15 is 0 Å². The number of aliphatic hydroxyl groups is 1. The normalized spacial score (nSPS) is 12.0. The third-order valence-electron chi connectivity index (χ3n) is 3.64. The lowest BCUT2D eigenvalue weighted by Crippen LogP contribution is -2.26. The van der Waals surface area contributed by atoms with E-state index in [-0.39, 0.29) is 12.4 Å². The van der Waals surface area contributed by atoms with Gasteiger partial charge >= 0.3 is 12.1 Å². The van der Waals surface area contributed by atoms with Crippen LogP contribution in [0.2, 0.25) is 0 Å². The SMILES string of the molecule is COCOc1ccc2c(c1)c(C(=O)/C=C(\O)C(=O)OC)cn2C(=O)OC(C)(C)C. The first-order valence-electron chi connectivity index (χ1n) is 8.61. The Morgan fingerprint density at radius 1 is 1.17 bits per heavy atom. The second-order valence-electron chi connectivity index (χ2n) is 7.01. The molecule has 2 aromatic rings. The molecule has 0 bridgehead atoms. The number of carbonyl (C=O) groups is 3. The second-order valence-corrected chi connectivity index (χ2v) is 7.01. The summed E-state index contributed by atoms with van der Waals surface area (Å²) in [6.07, 6.45) is 1.32. The first kappa shape index (κ1) is 22.0. The van der Waals surface area contributed by atoms with Crippen LogP contribution >= 0.6 is 0 Å². The predicted molar refractivity (Wildman–Crippen MR) is 103 cm³/mol.